The maximum absolute atomic E-state index is 13.4. The second-order valence-corrected chi connectivity index (χ2v) is 9.32. The lowest BCUT2D eigenvalue weighted by molar-refractivity contribution is -0.132. The lowest BCUT2D eigenvalue weighted by atomic mass is 10.0. The number of benzene rings is 2. The van der Waals surface area contributed by atoms with Gasteiger partial charge in [-0.05, 0) is 36.6 Å². The number of halogens is 1. The average Bonchev–Trinajstić information content (AvgIpc) is 3.43. The van der Waals surface area contributed by atoms with E-state index in [4.69, 9.17) is 11.6 Å². The van der Waals surface area contributed by atoms with Gasteiger partial charge in [-0.15, -0.1) is 11.8 Å². The topological polar surface area (TPSA) is 65.2 Å². The maximum Gasteiger partial charge on any atom is 0.286 e. The second-order valence-electron chi connectivity index (χ2n) is 7.54. The van der Waals surface area contributed by atoms with Gasteiger partial charge in [0, 0.05) is 21.5 Å². The van der Waals surface area contributed by atoms with Gasteiger partial charge in [-0.3, -0.25) is 15.0 Å². The van der Waals surface area contributed by atoms with Crippen LogP contribution < -0.4 is 5.43 Å². The molecule has 2 heterocycles. The minimum atomic E-state index is -0.307. The van der Waals surface area contributed by atoms with Crippen molar-refractivity contribution in [1.82, 2.24) is 15.4 Å². The van der Waals surface area contributed by atoms with E-state index in [-0.39, 0.29) is 16.7 Å². The highest BCUT2D eigenvalue weighted by molar-refractivity contribution is 8.01. The van der Waals surface area contributed by atoms with Crippen LogP contribution in [-0.2, 0) is 4.79 Å². The third-order valence-corrected chi connectivity index (χ3v) is 7.52. The molecule has 1 aliphatic heterocycles. The Kier molecular flexibility index (Phi) is 4.56. The van der Waals surface area contributed by atoms with Crippen LogP contribution >= 0.6 is 23.4 Å². The van der Waals surface area contributed by atoms with Gasteiger partial charge in [0.25, 0.3) is 11.8 Å². The summed E-state index contributed by atoms with van der Waals surface area (Å²) in [4.78, 5) is 28.8. The standard InChI is InChI=1S/C22H20ClN3O2S/c23-15-8-9-17-16(12-15)19(14-6-2-1-3-7-14)20(24-17)21(28)25-26-18(27)13-29-22(26)10-4-5-11-22/h1-3,6-9,12,24H,4-5,10-11,13H2,(H,25,28). The first-order valence-electron chi connectivity index (χ1n) is 9.72. The molecule has 0 bridgehead atoms. The van der Waals surface area contributed by atoms with Gasteiger partial charge in [0.1, 0.15) is 10.6 Å². The molecule has 5 nitrogen and oxygen atoms in total. The molecule has 0 unspecified atom stereocenters. The fourth-order valence-corrected chi connectivity index (χ4v) is 5.96. The Bertz CT molecular complexity index is 1110. The third kappa shape index (κ3) is 3.11. The highest BCUT2D eigenvalue weighted by Crippen LogP contribution is 2.47. The van der Waals surface area contributed by atoms with E-state index >= 15 is 0 Å². The summed E-state index contributed by atoms with van der Waals surface area (Å²) >= 11 is 7.88. The highest BCUT2D eigenvalue weighted by atomic mass is 35.5. The van der Waals surface area contributed by atoms with E-state index < -0.39 is 0 Å². The van der Waals surface area contributed by atoms with Gasteiger partial charge < -0.3 is 4.98 Å². The molecule has 1 aliphatic carbocycles. The molecule has 1 aromatic heterocycles. The first-order valence-corrected chi connectivity index (χ1v) is 11.1. The van der Waals surface area contributed by atoms with Gasteiger partial charge in [-0.1, -0.05) is 54.8 Å². The van der Waals surface area contributed by atoms with Crippen LogP contribution in [0.5, 0.6) is 0 Å². The van der Waals surface area contributed by atoms with Crippen LogP contribution in [0.15, 0.2) is 48.5 Å². The number of amides is 2. The van der Waals surface area contributed by atoms with Crippen molar-refractivity contribution in [1.29, 1.82) is 0 Å². The molecule has 2 aliphatic rings. The first-order chi connectivity index (χ1) is 14.1. The molecule has 2 fully saturated rings. The van der Waals surface area contributed by atoms with Gasteiger partial charge in [0.15, 0.2) is 0 Å². The number of carbonyl (C=O) groups is 2. The summed E-state index contributed by atoms with van der Waals surface area (Å²) in [6, 6.07) is 15.3. The Morgan fingerprint density at radius 1 is 1.14 bits per heavy atom. The molecule has 1 saturated heterocycles. The summed E-state index contributed by atoms with van der Waals surface area (Å²) in [5.41, 5.74) is 5.90. The van der Waals surface area contributed by atoms with Gasteiger partial charge in [0.2, 0.25) is 0 Å². The van der Waals surface area contributed by atoms with Gasteiger partial charge in [-0.25, -0.2) is 5.01 Å². The summed E-state index contributed by atoms with van der Waals surface area (Å²) in [5, 5.41) is 3.07. The van der Waals surface area contributed by atoms with Crippen molar-refractivity contribution in [2.45, 2.75) is 30.6 Å². The van der Waals surface area contributed by atoms with Gasteiger partial charge in [-0.2, -0.15) is 0 Å². The van der Waals surface area contributed by atoms with E-state index in [2.05, 4.69) is 10.4 Å². The lowest BCUT2D eigenvalue weighted by Gasteiger charge is -2.33. The summed E-state index contributed by atoms with van der Waals surface area (Å²) < 4.78 is 0. The monoisotopic (exact) mass is 425 g/mol. The molecule has 2 aromatic carbocycles. The summed E-state index contributed by atoms with van der Waals surface area (Å²) in [6.07, 6.45) is 3.98. The molecule has 1 spiro atoms. The fourth-order valence-electron chi connectivity index (χ4n) is 4.41. The molecular formula is C22H20ClN3O2S. The van der Waals surface area contributed by atoms with Crippen molar-refractivity contribution < 1.29 is 9.59 Å². The van der Waals surface area contributed by atoms with E-state index in [1.807, 2.05) is 42.5 Å². The summed E-state index contributed by atoms with van der Waals surface area (Å²) in [7, 11) is 0. The number of rotatable bonds is 3. The lowest BCUT2D eigenvalue weighted by Crippen LogP contribution is -2.53. The molecule has 0 atom stereocenters. The smallest absolute Gasteiger partial charge is 0.286 e. The zero-order chi connectivity index (χ0) is 20.0. The molecular weight excluding hydrogens is 406 g/mol. The van der Waals surface area contributed by atoms with Crippen LogP contribution in [0, 0.1) is 0 Å². The molecule has 29 heavy (non-hydrogen) atoms. The maximum atomic E-state index is 13.4. The third-order valence-electron chi connectivity index (χ3n) is 5.77. The predicted molar refractivity (Wildman–Crippen MR) is 117 cm³/mol. The van der Waals surface area contributed by atoms with Crippen LogP contribution in [0.4, 0.5) is 0 Å². The second kappa shape index (κ2) is 7.11. The van der Waals surface area contributed by atoms with E-state index in [0.717, 1.165) is 47.7 Å². The Balaban J connectivity index is 1.58. The van der Waals surface area contributed by atoms with Crippen molar-refractivity contribution in [2.75, 3.05) is 5.75 Å². The zero-order valence-corrected chi connectivity index (χ0v) is 17.3. The minimum Gasteiger partial charge on any atom is -0.350 e. The number of hydrogen-bond acceptors (Lipinski definition) is 3. The molecule has 7 heteroatoms. The number of fused-ring (bicyclic) bond motifs is 1. The molecule has 5 rings (SSSR count). The number of aromatic amines is 1. The molecule has 2 amide bonds. The molecule has 1 saturated carbocycles. The number of carbonyl (C=O) groups excluding carboxylic acids is 2. The van der Waals surface area contributed by atoms with Crippen molar-refractivity contribution in [3.63, 3.8) is 0 Å². The van der Waals surface area contributed by atoms with Crippen LogP contribution in [0.1, 0.15) is 36.2 Å². The Morgan fingerprint density at radius 2 is 1.90 bits per heavy atom. The number of hydrazine groups is 1. The van der Waals surface area contributed by atoms with Crippen LogP contribution in [0.3, 0.4) is 0 Å². The van der Waals surface area contributed by atoms with Crippen molar-refractivity contribution in [3.8, 4) is 11.1 Å². The van der Waals surface area contributed by atoms with Crippen LogP contribution in [0.25, 0.3) is 22.0 Å². The minimum absolute atomic E-state index is 0.0364. The Labute approximate surface area is 177 Å². The van der Waals surface area contributed by atoms with Gasteiger partial charge >= 0.3 is 0 Å². The number of aromatic nitrogens is 1. The number of nitrogens with zero attached hydrogens (tertiary/aromatic N) is 1. The molecule has 2 N–H and O–H groups in total. The number of H-pyrrole nitrogens is 1. The molecule has 148 valence electrons. The van der Waals surface area contributed by atoms with E-state index in [0.29, 0.717) is 16.5 Å². The van der Waals surface area contributed by atoms with E-state index in [9.17, 15) is 9.59 Å². The zero-order valence-electron chi connectivity index (χ0n) is 15.7. The average molecular weight is 426 g/mol. The summed E-state index contributed by atoms with van der Waals surface area (Å²) in [5.74, 6) is 0.0673. The molecule has 0 radical (unpaired) electrons. The van der Waals surface area contributed by atoms with E-state index in [1.165, 1.54) is 0 Å². The highest BCUT2D eigenvalue weighted by Gasteiger charge is 2.49. The van der Waals surface area contributed by atoms with Crippen LogP contribution in [-0.4, -0.2) is 32.4 Å². The quantitative estimate of drug-likeness (QED) is 0.622. The molecule has 3 aromatic rings. The number of hydrogen-bond donors (Lipinski definition) is 2. The van der Waals surface area contributed by atoms with E-state index in [1.54, 1.807) is 22.8 Å². The van der Waals surface area contributed by atoms with Crippen molar-refractivity contribution in [2.24, 2.45) is 0 Å². The van der Waals surface area contributed by atoms with Crippen LogP contribution in [0.2, 0.25) is 5.02 Å². The van der Waals surface area contributed by atoms with Crippen molar-refractivity contribution >= 4 is 46.1 Å². The Morgan fingerprint density at radius 3 is 2.66 bits per heavy atom. The Hall–Kier alpha value is -2.44. The predicted octanol–water partition coefficient (Wildman–Crippen LogP) is 4.98. The fraction of sp³-hybridized carbons (Fsp3) is 0.273. The summed E-state index contributed by atoms with van der Waals surface area (Å²) in [6.45, 7) is 0. The normalized spacial score (nSPS) is 18.1. The van der Waals surface area contributed by atoms with Crippen molar-refractivity contribution in [3.05, 3.63) is 59.2 Å². The number of nitrogens with one attached hydrogen (secondary N) is 2. The number of thioether (sulfide) groups is 1. The van der Waals surface area contributed by atoms with Gasteiger partial charge in [0.05, 0.1) is 5.75 Å². The first kappa shape index (κ1) is 18.6. The largest absolute Gasteiger partial charge is 0.350 e. The SMILES string of the molecule is O=C(NN1C(=O)CSC12CCCC2)c1[nH]c2ccc(Cl)cc2c1-c1ccccc1.